The Hall–Kier alpha value is -1.95. The Morgan fingerprint density at radius 3 is 2.52 bits per heavy atom. The summed E-state index contributed by atoms with van der Waals surface area (Å²) in [5.74, 6) is 2.71. The maximum atomic E-state index is 14.0. The van der Waals surface area contributed by atoms with Crippen molar-refractivity contribution >= 4 is 29.9 Å². The topological polar surface area (TPSA) is 70.8 Å². The Morgan fingerprint density at radius 1 is 1.18 bits per heavy atom. The molecule has 2 fully saturated rings. The second kappa shape index (κ2) is 12.0. The average molecular weight is 571 g/mol. The first-order valence-corrected chi connectivity index (χ1v) is 11.5. The van der Waals surface area contributed by atoms with E-state index in [4.69, 9.17) is 9.73 Å². The molecule has 0 atom stereocenters. The lowest BCUT2D eigenvalue weighted by Crippen LogP contribution is -2.53. The van der Waals surface area contributed by atoms with Crippen LogP contribution in [-0.2, 0) is 20.1 Å². The molecule has 1 aromatic heterocycles. The van der Waals surface area contributed by atoms with Crippen molar-refractivity contribution in [1.82, 2.24) is 29.9 Å². The van der Waals surface area contributed by atoms with Crippen LogP contribution in [0.25, 0.3) is 0 Å². The number of guanidine groups is 1. The predicted octanol–water partition coefficient (Wildman–Crippen LogP) is 3.10. The van der Waals surface area contributed by atoms with Crippen molar-refractivity contribution in [2.75, 3.05) is 33.3 Å². The van der Waals surface area contributed by atoms with Crippen LogP contribution < -0.4 is 10.1 Å². The molecule has 1 aliphatic heterocycles. The number of nitrogens with one attached hydrogen (secondary N) is 1. The highest BCUT2D eigenvalue weighted by atomic mass is 127. The average Bonchev–Trinajstić information content (AvgIpc) is 3.42. The molecule has 0 bridgehead atoms. The minimum Gasteiger partial charge on any atom is -0.494 e. The molecule has 0 radical (unpaired) electrons. The maximum Gasteiger partial charge on any atom is 0.194 e. The van der Waals surface area contributed by atoms with Gasteiger partial charge < -0.3 is 19.5 Å². The fraction of sp³-hybridized carbons (Fsp3) is 0.609. The van der Waals surface area contributed by atoms with Crippen LogP contribution in [0.2, 0.25) is 0 Å². The zero-order chi connectivity index (χ0) is 22.5. The van der Waals surface area contributed by atoms with Crippen LogP contribution in [-0.4, -0.2) is 69.9 Å². The van der Waals surface area contributed by atoms with Crippen LogP contribution in [0.15, 0.2) is 23.2 Å². The van der Waals surface area contributed by atoms with Crippen LogP contribution >= 0.6 is 24.0 Å². The number of methoxy groups -OCH3 is 1. The van der Waals surface area contributed by atoms with Gasteiger partial charge in [0.05, 0.1) is 7.11 Å². The highest BCUT2D eigenvalue weighted by molar-refractivity contribution is 14.0. The summed E-state index contributed by atoms with van der Waals surface area (Å²) in [6.45, 7) is 6.77. The number of aliphatic imine (C=N–C) groups is 1. The van der Waals surface area contributed by atoms with Crippen molar-refractivity contribution in [3.8, 4) is 5.75 Å². The van der Waals surface area contributed by atoms with Crippen LogP contribution in [0.4, 0.5) is 4.39 Å². The molecule has 1 aromatic carbocycles. The summed E-state index contributed by atoms with van der Waals surface area (Å²) in [4.78, 5) is 9.62. The number of halogens is 2. The fourth-order valence-corrected chi connectivity index (χ4v) is 4.41. The molecule has 0 spiro atoms. The van der Waals surface area contributed by atoms with E-state index in [0.717, 1.165) is 55.9 Å². The largest absolute Gasteiger partial charge is 0.494 e. The summed E-state index contributed by atoms with van der Waals surface area (Å²) < 4.78 is 21.0. The third kappa shape index (κ3) is 6.56. The van der Waals surface area contributed by atoms with Gasteiger partial charge in [0.25, 0.3) is 0 Å². The first-order chi connectivity index (χ1) is 15.5. The molecule has 2 heterocycles. The number of hydrogen-bond donors (Lipinski definition) is 1. The second-order valence-corrected chi connectivity index (χ2v) is 8.72. The minimum absolute atomic E-state index is 0. The van der Waals surface area contributed by atoms with Crippen molar-refractivity contribution < 1.29 is 9.13 Å². The van der Waals surface area contributed by atoms with E-state index in [9.17, 15) is 4.39 Å². The molecule has 182 valence electrons. The van der Waals surface area contributed by atoms with Crippen LogP contribution in [0.3, 0.4) is 0 Å². The number of benzene rings is 1. The zero-order valence-corrected chi connectivity index (χ0v) is 22.1. The molecule has 1 saturated carbocycles. The van der Waals surface area contributed by atoms with Gasteiger partial charge in [-0.25, -0.2) is 9.38 Å². The lowest BCUT2D eigenvalue weighted by atomic mass is 10.2. The monoisotopic (exact) mass is 571 g/mol. The third-order valence-corrected chi connectivity index (χ3v) is 6.54. The summed E-state index contributed by atoms with van der Waals surface area (Å²) in [5, 5.41) is 12.1. The van der Waals surface area contributed by atoms with Crippen LogP contribution in [0.1, 0.15) is 42.9 Å². The lowest BCUT2D eigenvalue weighted by molar-refractivity contribution is 0.171. The number of aryl methyl sites for hydroxylation is 1. The van der Waals surface area contributed by atoms with Crippen LogP contribution in [0, 0.1) is 12.7 Å². The number of nitrogens with zero attached hydrogens (tertiary/aromatic N) is 6. The Bertz CT molecular complexity index is 937. The van der Waals surface area contributed by atoms with Gasteiger partial charge in [-0.15, -0.1) is 34.2 Å². The Labute approximate surface area is 212 Å². The molecule has 33 heavy (non-hydrogen) atoms. The first kappa shape index (κ1) is 25.7. The first-order valence-electron chi connectivity index (χ1n) is 11.5. The predicted molar refractivity (Wildman–Crippen MR) is 137 cm³/mol. The molecule has 1 saturated heterocycles. The van der Waals surface area contributed by atoms with E-state index in [0.29, 0.717) is 12.6 Å². The van der Waals surface area contributed by atoms with Gasteiger partial charge in [-0.1, -0.05) is 18.9 Å². The molecule has 0 amide bonds. The highest BCUT2D eigenvalue weighted by Gasteiger charge is 2.24. The van der Waals surface area contributed by atoms with Crippen molar-refractivity contribution in [2.24, 2.45) is 12.0 Å². The summed E-state index contributed by atoms with van der Waals surface area (Å²) in [6.07, 6.45) is 4.95. The molecule has 2 aromatic rings. The summed E-state index contributed by atoms with van der Waals surface area (Å²) >= 11 is 0. The van der Waals surface area contributed by atoms with Gasteiger partial charge in [0, 0.05) is 45.8 Å². The molecule has 8 nitrogen and oxygen atoms in total. The van der Waals surface area contributed by atoms with Gasteiger partial charge in [0.2, 0.25) is 0 Å². The van der Waals surface area contributed by atoms with E-state index in [2.05, 4.69) is 25.3 Å². The van der Waals surface area contributed by atoms with Crippen molar-refractivity contribution in [1.29, 1.82) is 0 Å². The van der Waals surface area contributed by atoms with Gasteiger partial charge in [-0.2, -0.15) is 0 Å². The van der Waals surface area contributed by atoms with E-state index < -0.39 is 0 Å². The van der Waals surface area contributed by atoms with E-state index >= 15 is 0 Å². The maximum absolute atomic E-state index is 14.0. The van der Waals surface area contributed by atoms with Crippen molar-refractivity contribution in [3.05, 3.63) is 41.2 Å². The standard InChI is InChI=1S/C23H34FN7O.HI/c1-17-27-28-22(29(17)2)15-25-23(26-19-6-4-5-7-19)31-12-10-30(11-13-31)16-18-8-9-21(32-3)20(24)14-18;/h8-9,14,19H,4-7,10-13,15-16H2,1-3H3,(H,25,26);1H. The molecule has 10 heteroatoms. The lowest BCUT2D eigenvalue weighted by Gasteiger charge is -2.37. The smallest absolute Gasteiger partial charge is 0.194 e. The van der Waals surface area contributed by atoms with Gasteiger partial charge in [-0.05, 0) is 37.5 Å². The molecule has 0 unspecified atom stereocenters. The number of rotatable bonds is 6. The Balaban J connectivity index is 0.00000306. The Morgan fingerprint density at radius 2 is 1.91 bits per heavy atom. The molecule has 2 aliphatic rings. The van der Waals surface area contributed by atoms with Crippen molar-refractivity contribution in [2.45, 2.75) is 51.7 Å². The molecule has 1 N–H and O–H groups in total. The molecule has 1 aliphatic carbocycles. The van der Waals surface area contributed by atoms with E-state index in [1.54, 1.807) is 12.1 Å². The number of hydrogen-bond acceptors (Lipinski definition) is 5. The Kier molecular flexibility index (Phi) is 9.30. The molecular formula is C23H35FIN7O. The summed E-state index contributed by atoms with van der Waals surface area (Å²) in [5.41, 5.74) is 0.965. The van der Waals surface area contributed by atoms with Gasteiger partial charge in [-0.3, -0.25) is 4.90 Å². The van der Waals surface area contributed by atoms with Gasteiger partial charge in [0.1, 0.15) is 12.4 Å². The zero-order valence-electron chi connectivity index (χ0n) is 19.8. The van der Waals surface area contributed by atoms with Gasteiger partial charge >= 0.3 is 0 Å². The van der Waals surface area contributed by atoms with Crippen molar-refractivity contribution in [3.63, 3.8) is 0 Å². The third-order valence-electron chi connectivity index (χ3n) is 6.54. The van der Waals surface area contributed by atoms with E-state index in [1.165, 1.54) is 32.8 Å². The normalized spacial score (nSPS) is 17.8. The summed E-state index contributed by atoms with van der Waals surface area (Å²) in [7, 11) is 3.46. The SMILES string of the molecule is COc1ccc(CN2CCN(C(=NCc3nnc(C)n3C)NC3CCCC3)CC2)cc1F.I. The second-order valence-electron chi connectivity index (χ2n) is 8.72. The molecule has 4 rings (SSSR count). The van der Waals surface area contributed by atoms with Crippen LogP contribution in [0.5, 0.6) is 5.75 Å². The van der Waals surface area contributed by atoms with E-state index in [1.807, 2.05) is 24.6 Å². The van der Waals surface area contributed by atoms with E-state index in [-0.39, 0.29) is 35.5 Å². The van der Waals surface area contributed by atoms with Gasteiger partial charge in [0.15, 0.2) is 23.4 Å². The summed E-state index contributed by atoms with van der Waals surface area (Å²) in [6, 6.07) is 5.70. The molecular weight excluding hydrogens is 536 g/mol. The quantitative estimate of drug-likeness (QED) is 0.327. The number of piperazine rings is 1. The minimum atomic E-state index is -0.308. The fourth-order valence-electron chi connectivity index (χ4n) is 4.41. The number of ether oxygens (including phenoxy) is 1. The number of aromatic nitrogens is 3. The highest BCUT2D eigenvalue weighted by Crippen LogP contribution is 2.20.